The lowest BCUT2D eigenvalue weighted by atomic mass is 10.2. The van der Waals surface area contributed by atoms with Crippen LogP contribution in [0.4, 0.5) is 10.2 Å². The molecular weight excluding hydrogens is 319 g/mol. The fourth-order valence-corrected chi connectivity index (χ4v) is 3.54. The van der Waals surface area contributed by atoms with Crippen LogP contribution >= 0.6 is 11.8 Å². The molecule has 120 valence electrons. The van der Waals surface area contributed by atoms with E-state index in [4.69, 9.17) is 4.74 Å². The van der Waals surface area contributed by atoms with E-state index in [1.807, 2.05) is 6.20 Å². The Kier molecular flexibility index (Phi) is 4.38. The molecule has 7 heteroatoms. The predicted octanol–water partition coefficient (Wildman–Crippen LogP) is 2.86. The lowest BCUT2D eigenvalue weighted by Crippen LogP contribution is -2.26. The highest BCUT2D eigenvalue weighted by Gasteiger charge is 2.25. The van der Waals surface area contributed by atoms with Crippen molar-refractivity contribution in [1.29, 1.82) is 0 Å². The van der Waals surface area contributed by atoms with E-state index in [0.717, 1.165) is 22.6 Å². The van der Waals surface area contributed by atoms with Crippen molar-refractivity contribution in [3.8, 4) is 5.69 Å². The zero-order valence-electron chi connectivity index (χ0n) is 12.5. The quantitative estimate of drug-likeness (QED) is 0.693. The largest absolute Gasteiger partial charge is 0.459 e. The highest BCUT2D eigenvalue weighted by molar-refractivity contribution is 7.98. The highest BCUT2D eigenvalue weighted by Crippen LogP contribution is 2.38. The topological polar surface area (TPSA) is 60.3 Å². The maximum atomic E-state index is 13.1. The first-order chi connectivity index (χ1) is 11.1. The predicted molar refractivity (Wildman–Crippen MR) is 86.0 cm³/mol. The summed E-state index contributed by atoms with van der Waals surface area (Å²) in [6.07, 6.45) is 1.91. The summed E-state index contributed by atoms with van der Waals surface area (Å²) in [6.45, 7) is 1.78. The molecule has 1 aromatic carbocycles. The number of benzene rings is 1. The number of halogens is 1. The standard InChI is InChI=1S/C16H15FN2O3S/c1-2-22-16(21)15(20)18-14-13-9-23-8-10(13)7-19(14)12-5-3-11(17)4-6-12/h3-7H,2,8-9H2,1H3,(H,18,20). The molecule has 2 aromatic rings. The van der Waals surface area contributed by atoms with E-state index in [9.17, 15) is 14.0 Å². The van der Waals surface area contributed by atoms with Crippen molar-refractivity contribution in [1.82, 2.24) is 4.57 Å². The van der Waals surface area contributed by atoms with Crippen molar-refractivity contribution >= 4 is 29.5 Å². The SMILES string of the molecule is CCOC(=O)C(=O)Nc1c2c(cn1-c1ccc(F)cc1)CSC2. The van der Waals surface area contributed by atoms with Crippen LogP contribution < -0.4 is 5.32 Å². The van der Waals surface area contributed by atoms with Crippen LogP contribution in [-0.4, -0.2) is 23.1 Å². The second-order valence-corrected chi connectivity index (χ2v) is 5.98. The molecular formula is C16H15FN2O3S. The van der Waals surface area contributed by atoms with Crippen LogP contribution in [-0.2, 0) is 25.8 Å². The molecule has 1 amide bonds. The summed E-state index contributed by atoms with van der Waals surface area (Å²) in [6, 6.07) is 5.95. The Balaban J connectivity index is 1.96. The number of nitrogens with one attached hydrogen (secondary N) is 1. The maximum absolute atomic E-state index is 13.1. The Morgan fingerprint density at radius 3 is 2.74 bits per heavy atom. The number of anilines is 1. The smallest absolute Gasteiger partial charge is 0.397 e. The lowest BCUT2D eigenvalue weighted by molar-refractivity contribution is -0.152. The molecule has 1 N–H and O–H groups in total. The monoisotopic (exact) mass is 334 g/mol. The summed E-state index contributed by atoms with van der Waals surface area (Å²) in [4.78, 5) is 23.5. The zero-order chi connectivity index (χ0) is 16.4. The van der Waals surface area contributed by atoms with Crippen LogP contribution in [0.2, 0.25) is 0 Å². The molecule has 0 saturated heterocycles. The zero-order valence-corrected chi connectivity index (χ0v) is 13.3. The van der Waals surface area contributed by atoms with Gasteiger partial charge in [-0.25, -0.2) is 9.18 Å². The molecule has 0 unspecified atom stereocenters. The third-order valence-corrected chi connectivity index (χ3v) is 4.51. The van der Waals surface area contributed by atoms with Gasteiger partial charge in [0, 0.05) is 29.0 Å². The summed E-state index contributed by atoms with van der Waals surface area (Å²) in [5, 5.41) is 2.63. The van der Waals surface area contributed by atoms with Gasteiger partial charge in [0.1, 0.15) is 11.6 Å². The van der Waals surface area contributed by atoms with Gasteiger partial charge in [-0.05, 0) is 36.8 Å². The fourth-order valence-electron chi connectivity index (χ4n) is 2.44. The molecule has 0 spiro atoms. The number of carbonyl (C=O) groups excluding carboxylic acids is 2. The lowest BCUT2D eigenvalue weighted by Gasteiger charge is -2.12. The average molecular weight is 334 g/mol. The van der Waals surface area contributed by atoms with Crippen LogP contribution in [0.3, 0.4) is 0 Å². The van der Waals surface area contributed by atoms with Gasteiger partial charge in [0.2, 0.25) is 0 Å². The Morgan fingerprint density at radius 1 is 1.30 bits per heavy atom. The molecule has 0 radical (unpaired) electrons. The third-order valence-electron chi connectivity index (χ3n) is 3.50. The summed E-state index contributed by atoms with van der Waals surface area (Å²) in [5.74, 6) is 0.0656. The molecule has 0 fully saturated rings. The second kappa shape index (κ2) is 6.45. The number of hydrogen-bond acceptors (Lipinski definition) is 4. The molecule has 0 atom stereocenters. The van der Waals surface area contributed by atoms with Crippen molar-refractivity contribution < 1.29 is 18.7 Å². The van der Waals surface area contributed by atoms with Crippen molar-refractivity contribution in [2.24, 2.45) is 0 Å². The van der Waals surface area contributed by atoms with Gasteiger partial charge < -0.3 is 14.6 Å². The molecule has 0 saturated carbocycles. The Morgan fingerprint density at radius 2 is 2.04 bits per heavy atom. The Labute approximate surface area is 136 Å². The number of aromatic nitrogens is 1. The number of esters is 1. The number of nitrogens with zero attached hydrogens (tertiary/aromatic N) is 1. The van der Waals surface area contributed by atoms with Gasteiger partial charge >= 0.3 is 11.9 Å². The van der Waals surface area contributed by atoms with Crippen molar-refractivity contribution in [3.05, 3.63) is 47.4 Å². The van der Waals surface area contributed by atoms with E-state index in [1.54, 1.807) is 35.4 Å². The van der Waals surface area contributed by atoms with Crippen LogP contribution in [0.5, 0.6) is 0 Å². The van der Waals surface area contributed by atoms with Gasteiger partial charge in [0.15, 0.2) is 0 Å². The molecule has 0 bridgehead atoms. The molecule has 3 rings (SSSR count). The number of thioether (sulfide) groups is 1. The van der Waals surface area contributed by atoms with Gasteiger partial charge in [0.05, 0.1) is 6.61 Å². The number of fused-ring (bicyclic) bond motifs is 1. The molecule has 0 aliphatic carbocycles. The second-order valence-electron chi connectivity index (χ2n) is 5.00. The molecule has 1 aromatic heterocycles. The summed E-state index contributed by atoms with van der Waals surface area (Å²) >= 11 is 1.73. The molecule has 1 aliphatic heterocycles. The van der Waals surface area contributed by atoms with E-state index in [-0.39, 0.29) is 12.4 Å². The van der Waals surface area contributed by atoms with Crippen LogP contribution in [0.1, 0.15) is 18.1 Å². The number of ether oxygens (including phenoxy) is 1. The molecule has 23 heavy (non-hydrogen) atoms. The van der Waals surface area contributed by atoms with E-state index in [2.05, 4.69) is 5.32 Å². The van der Waals surface area contributed by atoms with Crippen molar-refractivity contribution in [3.63, 3.8) is 0 Å². The van der Waals surface area contributed by atoms with Crippen LogP contribution in [0.15, 0.2) is 30.5 Å². The van der Waals surface area contributed by atoms with Gasteiger partial charge in [0.25, 0.3) is 0 Å². The minimum atomic E-state index is -0.918. The normalized spacial score (nSPS) is 12.8. The van der Waals surface area contributed by atoms with E-state index in [1.165, 1.54) is 12.1 Å². The van der Waals surface area contributed by atoms with Gasteiger partial charge in [-0.3, -0.25) is 4.79 Å². The number of hydrogen-bond donors (Lipinski definition) is 1. The summed E-state index contributed by atoms with van der Waals surface area (Å²) in [5.41, 5.74) is 2.79. The third kappa shape index (κ3) is 3.10. The van der Waals surface area contributed by atoms with E-state index < -0.39 is 11.9 Å². The minimum Gasteiger partial charge on any atom is -0.459 e. The number of rotatable bonds is 3. The number of amides is 1. The maximum Gasteiger partial charge on any atom is 0.397 e. The average Bonchev–Trinajstić information content (AvgIpc) is 3.11. The molecule has 5 nitrogen and oxygen atoms in total. The summed E-state index contributed by atoms with van der Waals surface area (Å²) < 4.78 is 19.6. The van der Waals surface area contributed by atoms with E-state index in [0.29, 0.717) is 11.5 Å². The van der Waals surface area contributed by atoms with Crippen molar-refractivity contribution in [2.45, 2.75) is 18.4 Å². The van der Waals surface area contributed by atoms with Crippen LogP contribution in [0, 0.1) is 5.82 Å². The molecule has 2 heterocycles. The number of carbonyl (C=O) groups is 2. The van der Waals surface area contributed by atoms with Gasteiger partial charge in [-0.15, -0.1) is 0 Å². The summed E-state index contributed by atoms with van der Waals surface area (Å²) in [7, 11) is 0. The Hall–Kier alpha value is -2.28. The Bertz CT molecular complexity index is 755. The highest BCUT2D eigenvalue weighted by atomic mass is 32.2. The first kappa shape index (κ1) is 15.6. The molecule has 1 aliphatic rings. The first-order valence-corrected chi connectivity index (χ1v) is 8.30. The minimum absolute atomic E-state index is 0.138. The van der Waals surface area contributed by atoms with Crippen LogP contribution in [0.25, 0.3) is 5.69 Å². The van der Waals surface area contributed by atoms with E-state index >= 15 is 0 Å². The fraction of sp³-hybridized carbons (Fsp3) is 0.250. The first-order valence-electron chi connectivity index (χ1n) is 7.15. The van der Waals surface area contributed by atoms with Crippen molar-refractivity contribution in [2.75, 3.05) is 11.9 Å². The van der Waals surface area contributed by atoms with Gasteiger partial charge in [-0.2, -0.15) is 11.8 Å². The van der Waals surface area contributed by atoms with Gasteiger partial charge in [-0.1, -0.05) is 0 Å².